The van der Waals surface area contributed by atoms with E-state index in [4.69, 9.17) is 5.11 Å². The predicted molar refractivity (Wildman–Crippen MR) is 78.5 cm³/mol. The van der Waals surface area contributed by atoms with E-state index in [9.17, 15) is 4.79 Å². The Hall–Kier alpha value is -1.35. The quantitative estimate of drug-likeness (QED) is 0.822. The van der Waals surface area contributed by atoms with Crippen LogP contribution in [0.15, 0.2) is 24.3 Å². The molecule has 0 aliphatic carbocycles. The molecule has 0 heterocycles. The van der Waals surface area contributed by atoms with E-state index in [0.29, 0.717) is 0 Å². The number of aryl methyl sites for hydroxylation is 1. The summed E-state index contributed by atoms with van der Waals surface area (Å²) in [6.07, 6.45) is 3.15. The fourth-order valence-electron chi connectivity index (χ4n) is 1.90. The summed E-state index contributed by atoms with van der Waals surface area (Å²) in [5.74, 6) is -0.784. The summed E-state index contributed by atoms with van der Waals surface area (Å²) in [6.45, 7) is 6.39. The molecule has 3 heteroatoms. The highest BCUT2D eigenvalue weighted by Crippen LogP contribution is 2.14. The molecule has 0 aromatic heterocycles. The molecule has 0 amide bonds. The second-order valence-electron chi connectivity index (χ2n) is 5.60. The number of carboxylic acids is 1. The number of carboxylic acid groups (broad SMARTS) is 1. The van der Waals surface area contributed by atoms with Crippen LogP contribution in [0, 0.1) is 0 Å². The van der Waals surface area contributed by atoms with Crippen LogP contribution in [0.4, 0.5) is 0 Å². The Morgan fingerprint density at radius 2 is 1.63 bits per heavy atom. The smallest absolute Gasteiger partial charge is 0.323 e. The van der Waals surface area contributed by atoms with Crippen molar-refractivity contribution in [3.8, 4) is 0 Å². The third-order valence-electron chi connectivity index (χ3n) is 3.78. The summed E-state index contributed by atoms with van der Waals surface area (Å²) in [5.41, 5.74) is 1.81. The van der Waals surface area contributed by atoms with Crippen molar-refractivity contribution in [2.45, 2.75) is 45.6 Å². The van der Waals surface area contributed by atoms with Crippen LogP contribution in [0.1, 0.15) is 38.3 Å². The van der Waals surface area contributed by atoms with Crippen LogP contribution in [0.5, 0.6) is 0 Å². The highest BCUT2D eigenvalue weighted by Gasteiger charge is 2.31. The average Bonchev–Trinajstić information content (AvgIpc) is 2.37. The maximum absolute atomic E-state index is 11.1. The summed E-state index contributed by atoms with van der Waals surface area (Å²) in [5, 5.41) is 9.16. The molecule has 106 valence electrons. The Kier molecular flexibility index (Phi) is 5.55. The molecule has 19 heavy (non-hydrogen) atoms. The van der Waals surface area contributed by atoms with Crippen molar-refractivity contribution >= 4 is 5.97 Å². The van der Waals surface area contributed by atoms with E-state index in [1.54, 1.807) is 13.8 Å². The summed E-state index contributed by atoms with van der Waals surface area (Å²) in [6, 6.07) is 8.63. The lowest BCUT2D eigenvalue weighted by atomic mass is 10.0. The molecule has 0 fully saturated rings. The van der Waals surface area contributed by atoms with E-state index >= 15 is 0 Å². The molecule has 1 rings (SSSR count). The van der Waals surface area contributed by atoms with Crippen LogP contribution < -0.4 is 0 Å². The van der Waals surface area contributed by atoms with Crippen molar-refractivity contribution < 1.29 is 9.90 Å². The van der Waals surface area contributed by atoms with Crippen molar-refractivity contribution in [2.24, 2.45) is 0 Å². The summed E-state index contributed by atoms with van der Waals surface area (Å²) >= 11 is 0. The minimum atomic E-state index is -0.817. The first-order valence-electron chi connectivity index (χ1n) is 6.90. The van der Waals surface area contributed by atoms with E-state index in [-0.39, 0.29) is 0 Å². The van der Waals surface area contributed by atoms with Crippen LogP contribution in [0.25, 0.3) is 0 Å². The minimum Gasteiger partial charge on any atom is -0.480 e. The van der Waals surface area contributed by atoms with Gasteiger partial charge in [0, 0.05) is 6.54 Å². The molecule has 0 saturated carbocycles. The summed E-state index contributed by atoms with van der Waals surface area (Å²) in [7, 11) is 1.86. The molecule has 0 aliphatic heterocycles. The van der Waals surface area contributed by atoms with Gasteiger partial charge in [-0.1, -0.05) is 37.6 Å². The molecule has 1 aromatic rings. The molecule has 0 radical (unpaired) electrons. The fourth-order valence-corrected chi connectivity index (χ4v) is 1.90. The lowest BCUT2D eigenvalue weighted by Gasteiger charge is -2.31. The zero-order valence-electron chi connectivity index (χ0n) is 12.4. The van der Waals surface area contributed by atoms with E-state index in [2.05, 4.69) is 31.2 Å². The van der Waals surface area contributed by atoms with Gasteiger partial charge < -0.3 is 5.11 Å². The number of likely N-dealkylation sites (N-methyl/N-ethyl adjacent to an activating group) is 1. The van der Waals surface area contributed by atoms with Gasteiger partial charge in [-0.05, 0) is 44.9 Å². The molecule has 0 bridgehead atoms. The van der Waals surface area contributed by atoms with E-state index in [1.165, 1.54) is 11.1 Å². The van der Waals surface area contributed by atoms with Gasteiger partial charge in [0.25, 0.3) is 0 Å². The van der Waals surface area contributed by atoms with Gasteiger partial charge in [0.05, 0.1) is 0 Å². The van der Waals surface area contributed by atoms with Crippen LogP contribution in [0.2, 0.25) is 0 Å². The SMILES string of the molecule is CCCc1ccc(CCN(C)C(C)(C)C(=O)O)cc1. The lowest BCUT2D eigenvalue weighted by molar-refractivity contribution is -0.148. The first-order valence-corrected chi connectivity index (χ1v) is 6.90. The largest absolute Gasteiger partial charge is 0.480 e. The first-order chi connectivity index (χ1) is 8.87. The van der Waals surface area contributed by atoms with Gasteiger partial charge in [-0.15, -0.1) is 0 Å². The predicted octanol–water partition coefficient (Wildman–Crippen LogP) is 2.98. The van der Waals surface area contributed by atoms with Crippen LogP contribution in [-0.2, 0) is 17.6 Å². The fraction of sp³-hybridized carbons (Fsp3) is 0.562. The molecule has 1 aromatic carbocycles. The van der Waals surface area contributed by atoms with E-state index < -0.39 is 11.5 Å². The summed E-state index contributed by atoms with van der Waals surface area (Å²) < 4.78 is 0. The van der Waals surface area contributed by atoms with Crippen LogP contribution in [-0.4, -0.2) is 35.1 Å². The van der Waals surface area contributed by atoms with Gasteiger partial charge in [-0.3, -0.25) is 9.69 Å². The van der Waals surface area contributed by atoms with Gasteiger partial charge in [-0.2, -0.15) is 0 Å². The van der Waals surface area contributed by atoms with Crippen molar-refractivity contribution in [1.29, 1.82) is 0 Å². The number of hydrogen-bond donors (Lipinski definition) is 1. The number of aliphatic carboxylic acids is 1. The van der Waals surface area contributed by atoms with Gasteiger partial charge >= 0.3 is 5.97 Å². The number of rotatable bonds is 7. The third kappa shape index (κ3) is 4.35. The molecule has 0 atom stereocenters. The molecule has 3 nitrogen and oxygen atoms in total. The van der Waals surface area contributed by atoms with E-state index in [0.717, 1.165) is 25.8 Å². The molecule has 0 saturated heterocycles. The lowest BCUT2D eigenvalue weighted by Crippen LogP contribution is -2.48. The van der Waals surface area contributed by atoms with Crippen molar-refractivity contribution in [3.05, 3.63) is 35.4 Å². The van der Waals surface area contributed by atoms with E-state index in [1.807, 2.05) is 11.9 Å². The Bertz CT molecular complexity index is 409. The molecule has 0 spiro atoms. The average molecular weight is 263 g/mol. The van der Waals surface area contributed by atoms with Crippen molar-refractivity contribution in [1.82, 2.24) is 4.90 Å². The Morgan fingerprint density at radius 3 is 2.05 bits per heavy atom. The second-order valence-corrected chi connectivity index (χ2v) is 5.60. The number of nitrogens with zero attached hydrogens (tertiary/aromatic N) is 1. The normalized spacial score (nSPS) is 11.8. The molecular formula is C16H25NO2. The van der Waals surface area contributed by atoms with Gasteiger partial charge in [0.2, 0.25) is 0 Å². The molecule has 1 N–H and O–H groups in total. The molecular weight excluding hydrogens is 238 g/mol. The number of carbonyl (C=O) groups is 1. The topological polar surface area (TPSA) is 40.5 Å². The molecule has 0 unspecified atom stereocenters. The van der Waals surface area contributed by atoms with Gasteiger partial charge in [0.1, 0.15) is 5.54 Å². The standard InChI is InChI=1S/C16H25NO2/c1-5-6-13-7-9-14(10-8-13)11-12-17(4)16(2,3)15(18)19/h7-10H,5-6,11-12H2,1-4H3,(H,18,19). The van der Waals surface area contributed by atoms with Crippen molar-refractivity contribution in [3.63, 3.8) is 0 Å². The molecule has 0 aliphatic rings. The highest BCUT2D eigenvalue weighted by atomic mass is 16.4. The zero-order chi connectivity index (χ0) is 14.5. The number of hydrogen-bond acceptors (Lipinski definition) is 2. The second kappa shape index (κ2) is 6.71. The van der Waals surface area contributed by atoms with Crippen LogP contribution in [0.3, 0.4) is 0 Å². The monoisotopic (exact) mass is 263 g/mol. The van der Waals surface area contributed by atoms with Crippen molar-refractivity contribution in [2.75, 3.05) is 13.6 Å². The third-order valence-corrected chi connectivity index (χ3v) is 3.78. The maximum Gasteiger partial charge on any atom is 0.323 e. The Labute approximate surface area is 116 Å². The first kappa shape index (κ1) is 15.7. The van der Waals surface area contributed by atoms with Crippen LogP contribution >= 0.6 is 0 Å². The zero-order valence-corrected chi connectivity index (χ0v) is 12.4. The number of benzene rings is 1. The Balaban J connectivity index is 2.55. The van der Waals surface area contributed by atoms with Gasteiger partial charge in [-0.25, -0.2) is 0 Å². The summed E-state index contributed by atoms with van der Waals surface area (Å²) in [4.78, 5) is 13.0. The van der Waals surface area contributed by atoms with Gasteiger partial charge in [0.15, 0.2) is 0 Å². The Morgan fingerprint density at radius 1 is 1.16 bits per heavy atom. The highest BCUT2D eigenvalue weighted by molar-refractivity contribution is 5.77. The minimum absolute atomic E-state index is 0.742. The maximum atomic E-state index is 11.1.